The third kappa shape index (κ3) is 4.56. The van der Waals surface area contributed by atoms with Gasteiger partial charge in [-0.3, -0.25) is 14.9 Å². The first-order chi connectivity index (χ1) is 13.5. The first kappa shape index (κ1) is 19.2. The van der Waals surface area contributed by atoms with Gasteiger partial charge in [0.15, 0.2) is 5.76 Å². The number of anilines is 1. The summed E-state index contributed by atoms with van der Waals surface area (Å²) in [5.41, 5.74) is 2.43. The predicted molar refractivity (Wildman–Crippen MR) is 105 cm³/mol. The number of aryl methyl sites for hydroxylation is 2. The number of nitro benzene ring substituents is 1. The zero-order chi connectivity index (χ0) is 20.1. The molecule has 1 aromatic heterocycles. The topological polar surface area (TPSA) is 94.6 Å². The van der Waals surface area contributed by atoms with E-state index in [9.17, 15) is 14.9 Å². The van der Waals surface area contributed by atoms with Crippen LogP contribution in [0, 0.1) is 17.0 Å². The molecule has 3 aromatic rings. The molecular weight excluding hydrogens is 360 g/mol. The maximum absolute atomic E-state index is 12.3. The summed E-state index contributed by atoms with van der Waals surface area (Å²) in [6.45, 7) is 3.82. The third-order valence-corrected chi connectivity index (χ3v) is 4.25. The van der Waals surface area contributed by atoms with Gasteiger partial charge in [0.2, 0.25) is 0 Å². The van der Waals surface area contributed by atoms with Gasteiger partial charge in [-0.25, -0.2) is 0 Å². The van der Waals surface area contributed by atoms with Crippen molar-refractivity contribution < 1.29 is 18.9 Å². The van der Waals surface area contributed by atoms with E-state index in [4.69, 9.17) is 9.15 Å². The molecule has 7 heteroatoms. The SMILES string of the molecule is CCc1ccc(NC(=O)c2ccc(COc3ccc([N+](=O)[O-])c(C)c3)o2)cc1. The van der Waals surface area contributed by atoms with E-state index in [1.165, 1.54) is 17.7 Å². The number of rotatable bonds is 7. The molecule has 1 amide bonds. The van der Waals surface area contributed by atoms with Gasteiger partial charge in [0, 0.05) is 17.3 Å². The van der Waals surface area contributed by atoms with Crippen LogP contribution in [-0.2, 0) is 13.0 Å². The molecule has 0 radical (unpaired) electrons. The molecule has 0 bridgehead atoms. The van der Waals surface area contributed by atoms with Crippen LogP contribution in [0.15, 0.2) is 59.0 Å². The molecule has 2 aromatic carbocycles. The van der Waals surface area contributed by atoms with Crippen molar-refractivity contribution in [3.8, 4) is 5.75 Å². The Bertz CT molecular complexity index is 992. The van der Waals surface area contributed by atoms with Gasteiger partial charge in [-0.05, 0) is 55.3 Å². The number of hydrogen-bond acceptors (Lipinski definition) is 5. The lowest BCUT2D eigenvalue weighted by Crippen LogP contribution is -2.10. The molecule has 7 nitrogen and oxygen atoms in total. The van der Waals surface area contributed by atoms with Crippen molar-refractivity contribution in [2.24, 2.45) is 0 Å². The van der Waals surface area contributed by atoms with Crippen molar-refractivity contribution >= 4 is 17.3 Å². The quantitative estimate of drug-likeness (QED) is 0.465. The van der Waals surface area contributed by atoms with Gasteiger partial charge in [0.1, 0.15) is 18.1 Å². The van der Waals surface area contributed by atoms with E-state index in [-0.39, 0.29) is 24.0 Å². The molecule has 0 aliphatic heterocycles. The van der Waals surface area contributed by atoms with E-state index in [0.29, 0.717) is 22.8 Å². The fraction of sp³-hybridized carbons (Fsp3) is 0.190. The number of nitro groups is 1. The largest absolute Gasteiger partial charge is 0.486 e. The van der Waals surface area contributed by atoms with Crippen molar-refractivity contribution in [1.29, 1.82) is 0 Å². The molecule has 0 saturated heterocycles. The molecule has 0 unspecified atom stereocenters. The summed E-state index contributed by atoms with van der Waals surface area (Å²) in [7, 11) is 0. The van der Waals surface area contributed by atoms with Crippen LogP contribution in [0.5, 0.6) is 5.75 Å². The predicted octanol–water partition coefficient (Wildman–Crippen LogP) is 4.89. The lowest BCUT2D eigenvalue weighted by atomic mass is 10.1. The lowest BCUT2D eigenvalue weighted by molar-refractivity contribution is -0.385. The summed E-state index contributed by atoms with van der Waals surface area (Å²) in [6.07, 6.45) is 0.935. The highest BCUT2D eigenvalue weighted by molar-refractivity contribution is 6.02. The highest BCUT2D eigenvalue weighted by Gasteiger charge is 2.13. The summed E-state index contributed by atoms with van der Waals surface area (Å²) < 4.78 is 11.1. The van der Waals surface area contributed by atoms with Crippen molar-refractivity contribution in [3.63, 3.8) is 0 Å². The maximum atomic E-state index is 12.3. The second-order valence-corrected chi connectivity index (χ2v) is 6.26. The zero-order valence-electron chi connectivity index (χ0n) is 15.6. The normalized spacial score (nSPS) is 10.5. The Balaban J connectivity index is 1.59. The Morgan fingerprint density at radius 3 is 2.54 bits per heavy atom. The highest BCUT2D eigenvalue weighted by atomic mass is 16.6. The zero-order valence-corrected chi connectivity index (χ0v) is 15.6. The smallest absolute Gasteiger partial charge is 0.291 e. The van der Waals surface area contributed by atoms with Crippen LogP contribution in [0.2, 0.25) is 0 Å². The Morgan fingerprint density at radius 2 is 1.89 bits per heavy atom. The Hall–Kier alpha value is -3.61. The molecule has 0 fully saturated rings. The number of nitrogens with one attached hydrogen (secondary N) is 1. The van der Waals surface area contributed by atoms with E-state index < -0.39 is 4.92 Å². The average molecular weight is 380 g/mol. The number of carbonyl (C=O) groups is 1. The summed E-state index contributed by atoms with van der Waals surface area (Å²) in [5, 5.41) is 13.6. The van der Waals surface area contributed by atoms with E-state index >= 15 is 0 Å². The summed E-state index contributed by atoms with van der Waals surface area (Å²) in [4.78, 5) is 22.7. The molecule has 3 rings (SSSR count). The first-order valence-corrected chi connectivity index (χ1v) is 8.83. The van der Waals surface area contributed by atoms with E-state index in [1.54, 1.807) is 25.1 Å². The Labute approximate surface area is 162 Å². The molecule has 28 heavy (non-hydrogen) atoms. The van der Waals surface area contributed by atoms with Crippen LogP contribution in [0.1, 0.15) is 34.4 Å². The minimum absolute atomic E-state index is 0.0382. The van der Waals surface area contributed by atoms with Gasteiger partial charge < -0.3 is 14.5 Å². The van der Waals surface area contributed by atoms with Gasteiger partial charge in [-0.1, -0.05) is 19.1 Å². The van der Waals surface area contributed by atoms with Gasteiger partial charge in [0.25, 0.3) is 11.6 Å². The van der Waals surface area contributed by atoms with Gasteiger partial charge in [-0.2, -0.15) is 0 Å². The second-order valence-electron chi connectivity index (χ2n) is 6.26. The number of ether oxygens (including phenoxy) is 1. The minimum Gasteiger partial charge on any atom is -0.486 e. The molecule has 1 heterocycles. The van der Waals surface area contributed by atoms with Gasteiger partial charge in [-0.15, -0.1) is 0 Å². The van der Waals surface area contributed by atoms with Crippen LogP contribution >= 0.6 is 0 Å². The number of carbonyl (C=O) groups excluding carboxylic acids is 1. The average Bonchev–Trinajstić information content (AvgIpc) is 3.16. The molecule has 0 aliphatic carbocycles. The third-order valence-electron chi connectivity index (χ3n) is 4.25. The standard InChI is InChI=1S/C21H20N2O5/c1-3-15-4-6-16(7-5-15)22-21(24)20-11-9-18(28-20)13-27-17-8-10-19(23(25)26)14(2)12-17/h4-12H,3,13H2,1-2H3,(H,22,24). The van der Waals surface area contributed by atoms with Gasteiger partial charge >= 0.3 is 0 Å². The van der Waals surface area contributed by atoms with Crippen LogP contribution in [0.25, 0.3) is 0 Å². The number of nitrogens with zero attached hydrogens (tertiary/aromatic N) is 1. The minimum atomic E-state index is -0.438. The van der Waals surface area contributed by atoms with E-state index in [0.717, 1.165) is 6.42 Å². The number of furan rings is 1. The van der Waals surface area contributed by atoms with Crippen molar-refractivity contribution in [1.82, 2.24) is 0 Å². The number of hydrogen-bond donors (Lipinski definition) is 1. The molecule has 144 valence electrons. The van der Waals surface area contributed by atoms with Crippen molar-refractivity contribution in [3.05, 3.63) is 87.4 Å². The number of amides is 1. The molecule has 0 aliphatic rings. The van der Waals surface area contributed by atoms with Crippen LogP contribution in [-0.4, -0.2) is 10.8 Å². The Kier molecular flexibility index (Phi) is 5.74. The second kappa shape index (κ2) is 8.39. The highest BCUT2D eigenvalue weighted by Crippen LogP contribution is 2.24. The fourth-order valence-electron chi connectivity index (χ4n) is 2.67. The van der Waals surface area contributed by atoms with Gasteiger partial charge in [0.05, 0.1) is 4.92 Å². The summed E-state index contributed by atoms with van der Waals surface area (Å²) >= 11 is 0. The fourth-order valence-corrected chi connectivity index (χ4v) is 2.67. The Morgan fingerprint density at radius 1 is 1.14 bits per heavy atom. The van der Waals surface area contributed by atoms with E-state index in [2.05, 4.69) is 12.2 Å². The lowest BCUT2D eigenvalue weighted by Gasteiger charge is -2.06. The summed E-state index contributed by atoms with van der Waals surface area (Å²) in [5.74, 6) is 0.795. The van der Waals surface area contributed by atoms with Crippen LogP contribution < -0.4 is 10.1 Å². The maximum Gasteiger partial charge on any atom is 0.291 e. The van der Waals surface area contributed by atoms with Crippen LogP contribution in [0.4, 0.5) is 11.4 Å². The number of benzene rings is 2. The molecule has 0 spiro atoms. The van der Waals surface area contributed by atoms with Crippen molar-refractivity contribution in [2.45, 2.75) is 26.9 Å². The molecule has 0 atom stereocenters. The summed E-state index contributed by atoms with van der Waals surface area (Å²) in [6, 6.07) is 15.4. The van der Waals surface area contributed by atoms with Crippen molar-refractivity contribution in [2.75, 3.05) is 5.32 Å². The molecule has 1 N–H and O–H groups in total. The first-order valence-electron chi connectivity index (χ1n) is 8.83. The monoisotopic (exact) mass is 380 g/mol. The van der Waals surface area contributed by atoms with E-state index in [1.807, 2.05) is 24.3 Å². The molecule has 0 saturated carbocycles. The molecular formula is C21H20N2O5. The van der Waals surface area contributed by atoms with Crippen LogP contribution in [0.3, 0.4) is 0 Å².